The third kappa shape index (κ3) is 3.48. The van der Waals surface area contributed by atoms with Crippen molar-refractivity contribution in [2.24, 2.45) is 0 Å². The van der Waals surface area contributed by atoms with Gasteiger partial charge in [0.2, 0.25) is 0 Å². The molecule has 3 rings (SSSR count). The summed E-state index contributed by atoms with van der Waals surface area (Å²) in [6, 6.07) is 8.50. The highest BCUT2D eigenvalue weighted by molar-refractivity contribution is 6.33. The standard InChI is InChI=1S/C16H11Cl2N3O4/c17-9-1-3-13(18)11(5-9)15(22)7-20-8-19-14-4-2-10(21(24)25)6-12(14)16(20)23/h1-6,8,15,22H,7H2. The predicted molar refractivity (Wildman–Crippen MR) is 94.1 cm³/mol. The van der Waals surface area contributed by atoms with Gasteiger partial charge in [-0.25, -0.2) is 4.98 Å². The molecule has 0 aliphatic carbocycles. The van der Waals surface area contributed by atoms with E-state index in [0.717, 1.165) is 0 Å². The van der Waals surface area contributed by atoms with Gasteiger partial charge in [-0.05, 0) is 24.3 Å². The first-order valence-corrected chi connectivity index (χ1v) is 7.89. The quantitative estimate of drug-likeness (QED) is 0.553. The van der Waals surface area contributed by atoms with Gasteiger partial charge < -0.3 is 5.11 Å². The van der Waals surface area contributed by atoms with Gasteiger partial charge in [-0.3, -0.25) is 19.5 Å². The van der Waals surface area contributed by atoms with Crippen molar-refractivity contribution < 1.29 is 10.0 Å². The summed E-state index contributed by atoms with van der Waals surface area (Å²) >= 11 is 12.0. The summed E-state index contributed by atoms with van der Waals surface area (Å²) in [7, 11) is 0. The predicted octanol–water partition coefficient (Wildman–Crippen LogP) is 3.35. The number of aliphatic hydroxyl groups excluding tert-OH is 1. The molecule has 0 fully saturated rings. The van der Waals surface area contributed by atoms with Crippen LogP contribution in [0.25, 0.3) is 10.9 Å². The number of fused-ring (bicyclic) bond motifs is 1. The van der Waals surface area contributed by atoms with Crippen LogP contribution in [0, 0.1) is 10.1 Å². The third-order valence-corrected chi connectivity index (χ3v) is 4.28. The summed E-state index contributed by atoms with van der Waals surface area (Å²) in [5.41, 5.74) is 0.0100. The van der Waals surface area contributed by atoms with E-state index in [1.807, 2.05) is 0 Å². The maximum absolute atomic E-state index is 12.6. The van der Waals surface area contributed by atoms with E-state index in [-0.39, 0.29) is 17.6 Å². The van der Waals surface area contributed by atoms with E-state index in [0.29, 0.717) is 21.1 Å². The number of benzene rings is 2. The van der Waals surface area contributed by atoms with Crippen LogP contribution < -0.4 is 5.56 Å². The van der Waals surface area contributed by atoms with Crippen molar-refractivity contribution in [3.8, 4) is 0 Å². The fourth-order valence-corrected chi connectivity index (χ4v) is 2.87. The smallest absolute Gasteiger partial charge is 0.270 e. The van der Waals surface area contributed by atoms with Crippen molar-refractivity contribution in [1.29, 1.82) is 0 Å². The fourth-order valence-electron chi connectivity index (χ4n) is 2.45. The topological polar surface area (TPSA) is 98.3 Å². The Kier molecular flexibility index (Phi) is 4.71. The normalized spacial score (nSPS) is 12.3. The summed E-state index contributed by atoms with van der Waals surface area (Å²) < 4.78 is 1.17. The highest BCUT2D eigenvalue weighted by atomic mass is 35.5. The lowest BCUT2D eigenvalue weighted by molar-refractivity contribution is -0.384. The van der Waals surface area contributed by atoms with E-state index in [2.05, 4.69) is 4.98 Å². The number of hydrogen-bond donors (Lipinski definition) is 1. The zero-order valence-corrected chi connectivity index (χ0v) is 14.1. The molecule has 0 spiro atoms. The van der Waals surface area contributed by atoms with Crippen LogP contribution in [0.3, 0.4) is 0 Å². The molecule has 2 aromatic carbocycles. The number of nitrogens with zero attached hydrogens (tertiary/aromatic N) is 3. The van der Waals surface area contributed by atoms with Crippen molar-refractivity contribution in [2.45, 2.75) is 12.6 Å². The molecule has 0 aliphatic heterocycles. The molecule has 25 heavy (non-hydrogen) atoms. The van der Waals surface area contributed by atoms with Crippen LogP contribution in [0.2, 0.25) is 10.0 Å². The van der Waals surface area contributed by atoms with Gasteiger partial charge in [0, 0.05) is 27.7 Å². The molecule has 0 amide bonds. The molecule has 0 saturated carbocycles. The van der Waals surface area contributed by atoms with Crippen molar-refractivity contribution in [2.75, 3.05) is 0 Å². The van der Waals surface area contributed by atoms with Crippen LogP contribution in [-0.4, -0.2) is 19.6 Å². The SMILES string of the molecule is O=c1c2cc([N+](=O)[O-])ccc2ncn1CC(O)c1cc(Cl)ccc1Cl. The number of non-ortho nitro benzene ring substituents is 1. The van der Waals surface area contributed by atoms with Gasteiger partial charge in [-0.2, -0.15) is 0 Å². The minimum absolute atomic E-state index is 0.0982. The van der Waals surface area contributed by atoms with Gasteiger partial charge in [-0.1, -0.05) is 23.2 Å². The Morgan fingerprint density at radius 1 is 1.24 bits per heavy atom. The lowest BCUT2D eigenvalue weighted by Gasteiger charge is -2.15. The van der Waals surface area contributed by atoms with Gasteiger partial charge in [0.25, 0.3) is 11.2 Å². The van der Waals surface area contributed by atoms with Gasteiger partial charge in [-0.15, -0.1) is 0 Å². The van der Waals surface area contributed by atoms with Crippen molar-refractivity contribution in [1.82, 2.24) is 9.55 Å². The van der Waals surface area contributed by atoms with Gasteiger partial charge in [0.15, 0.2) is 0 Å². The lowest BCUT2D eigenvalue weighted by atomic mass is 10.1. The Labute approximate surface area is 151 Å². The van der Waals surface area contributed by atoms with E-state index in [9.17, 15) is 20.0 Å². The van der Waals surface area contributed by atoms with E-state index in [1.54, 1.807) is 12.1 Å². The number of rotatable bonds is 4. The molecule has 1 unspecified atom stereocenters. The highest BCUT2D eigenvalue weighted by Crippen LogP contribution is 2.27. The Morgan fingerprint density at radius 3 is 2.72 bits per heavy atom. The largest absolute Gasteiger partial charge is 0.386 e. The third-order valence-electron chi connectivity index (χ3n) is 3.71. The minimum atomic E-state index is -1.10. The molecule has 0 bridgehead atoms. The molecule has 3 aromatic rings. The van der Waals surface area contributed by atoms with E-state index in [1.165, 1.54) is 35.2 Å². The first-order valence-electron chi connectivity index (χ1n) is 7.13. The van der Waals surface area contributed by atoms with Gasteiger partial charge in [0.05, 0.1) is 34.8 Å². The number of hydrogen-bond acceptors (Lipinski definition) is 5. The van der Waals surface area contributed by atoms with Crippen molar-refractivity contribution in [3.63, 3.8) is 0 Å². The van der Waals surface area contributed by atoms with E-state index >= 15 is 0 Å². The first-order chi connectivity index (χ1) is 11.9. The van der Waals surface area contributed by atoms with Crippen LogP contribution in [0.5, 0.6) is 0 Å². The monoisotopic (exact) mass is 379 g/mol. The molecule has 1 heterocycles. The summed E-state index contributed by atoms with van der Waals surface area (Å²) in [6.45, 7) is -0.121. The van der Waals surface area contributed by atoms with E-state index in [4.69, 9.17) is 23.2 Å². The minimum Gasteiger partial charge on any atom is -0.386 e. The highest BCUT2D eigenvalue weighted by Gasteiger charge is 2.16. The molecule has 0 radical (unpaired) electrons. The maximum atomic E-state index is 12.6. The average Bonchev–Trinajstić information content (AvgIpc) is 2.59. The fraction of sp³-hybridized carbons (Fsp3) is 0.125. The zero-order chi connectivity index (χ0) is 18.1. The Morgan fingerprint density at radius 2 is 2.00 bits per heavy atom. The Bertz CT molecular complexity index is 1040. The average molecular weight is 380 g/mol. The maximum Gasteiger partial charge on any atom is 0.270 e. The van der Waals surface area contributed by atoms with Gasteiger partial charge in [0.1, 0.15) is 0 Å². The second-order valence-electron chi connectivity index (χ2n) is 5.34. The number of halogens is 2. The number of nitro groups is 1. The molecule has 1 atom stereocenters. The molecular weight excluding hydrogens is 369 g/mol. The molecule has 0 saturated heterocycles. The Hall–Kier alpha value is -2.48. The number of aliphatic hydroxyl groups is 1. The number of aromatic nitrogens is 2. The summed E-state index contributed by atoms with van der Waals surface area (Å²) in [5, 5.41) is 22.1. The molecule has 128 valence electrons. The lowest BCUT2D eigenvalue weighted by Crippen LogP contribution is -2.24. The van der Waals surface area contributed by atoms with Crippen LogP contribution in [0.15, 0.2) is 47.5 Å². The summed E-state index contributed by atoms with van der Waals surface area (Å²) in [4.78, 5) is 26.9. The number of nitro benzene ring substituents is 1. The van der Waals surface area contributed by atoms with Crippen LogP contribution >= 0.6 is 23.2 Å². The first kappa shape index (κ1) is 17.3. The molecule has 0 aliphatic rings. The van der Waals surface area contributed by atoms with E-state index < -0.39 is 16.6 Å². The second-order valence-corrected chi connectivity index (χ2v) is 6.19. The summed E-state index contributed by atoms with van der Waals surface area (Å²) in [6.07, 6.45) is 0.180. The molecule has 7 nitrogen and oxygen atoms in total. The Balaban J connectivity index is 2.01. The molecular formula is C16H11Cl2N3O4. The zero-order valence-electron chi connectivity index (χ0n) is 12.6. The van der Waals surface area contributed by atoms with Gasteiger partial charge >= 0.3 is 0 Å². The molecule has 1 N–H and O–H groups in total. The summed E-state index contributed by atoms with van der Waals surface area (Å²) in [5.74, 6) is 0. The second kappa shape index (κ2) is 6.79. The van der Waals surface area contributed by atoms with Crippen LogP contribution in [0.4, 0.5) is 5.69 Å². The van der Waals surface area contributed by atoms with Crippen molar-refractivity contribution in [3.05, 3.63) is 78.8 Å². The van der Waals surface area contributed by atoms with Crippen molar-refractivity contribution >= 4 is 39.8 Å². The molecule has 1 aromatic heterocycles. The van der Waals surface area contributed by atoms with Crippen LogP contribution in [-0.2, 0) is 6.54 Å². The molecule has 9 heteroatoms. The van der Waals surface area contributed by atoms with Crippen LogP contribution in [0.1, 0.15) is 11.7 Å².